The minimum atomic E-state index is -0.551. The number of amides is 4. The van der Waals surface area contributed by atoms with Gasteiger partial charge in [-0.25, -0.2) is 9.59 Å². The van der Waals surface area contributed by atoms with E-state index in [9.17, 15) is 9.59 Å². The zero-order chi connectivity index (χ0) is 22.2. The van der Waals surface area contributed by atoms with E-state index in [2.05, 4.69) is 58.8 Å². The molecule has 4 aromatic carbocycles. The lowest BCUT2D eigenvalue weighted by Gasteiger charge is -2.24. The van der Waals surface area contributed by atoms with Crippen LogP contribution in [-0.2, 0) is 13.1 Å². The molecule has 1 aliphatic heterocycles. The molecule has 0 radical (unpaired) electrons. The number of benzene rings is 4. The SMILES string of the molecule is CN1Cc2ccc3ccccc3c2-c2c(ccc3ccccc23)CN(C)C(=O)/N=N/C1=O. The highest BCUT2D eigenvalue weighted by molar-refractivity contribution is 6.08. The highest BCUT2D eigenvalue weighted by atomic mass is 16.2. The number of nitrogens with zero attached hydrogens (tertiary/aromatic N) is 4. The molecule has 158 valence electrons. The average Bonchev–Trinajstić information content (AvgIpc) is 2.81. The van der Waals surface area contributed by atoms with Crippen LogP contribution in [0.25, 0.3) is 32.7 Å². The van der Waals surface area contributed by atoms with Crippen LogP contribution in [0.3, 0.4) is 0 Å². The molecule has 1 heterocycles. The van der Waals surface area contributed by atoms with E-state index in [1.54, 1.807) is 14.1 Å². The van der Waals surface area contributed by atoms with Crippen LogP contribution in [0.2, 0.25) is 0 Å². The van der Waals surface area contributed by atoms with Crippen molar-refractivity contribution in [3.8, 4) is 11.1 Å². The topological polar surface area (TPSA) is 65.3 Å². The second-order valence-electron chi connectivity index (χ2n) is 8.12. The van der Waals surface area contributed by atoms with Crippen LogP contribution in [0, 0.1) is 0 Å². The minimum Gasteiger partial charge on any atom is -0.320 e. The van der Waals surface area contributed by atoms with Crippen LogP contribution in [0.5, 0.6) is 0 Å². The molecular weight excluding hydrogens is 400 g/mol. The van der Waals surface area contributed by atoms with Crippen LogP contribution in [0.15, 0.2) is 83.0 Å². The zero-order valence-electron chi connectivity index (χ0n) is 17.9. The van der Waals surface area contributed by atoms with Crippen LogP contribution in [-0.4, -0.2) is 36.0 Å². The molecule has 0 N–H and O–H groups in total. The summed E-state index contributed by atoms with van der Waals surface area (Å²) >= 11 is 0. The summed E-state index contributed by atoms with van der Waals surface area (Å²) in [6.07, 6.45) is 0. The molecule has 32 heavy (non-hydrogen) atoms. The predicted molar refractivity (Wildman–Crippen MR) is 125 cm³/mol. The normalized spacial score (nSPS) is 15.8. The molecule has 0 atom stereocenters. The van der Waals surface area contributed by atoms with E-state index in [0.717, 1.165) is 43.8 Å². The molecular formula is C26H22N4O2. The van der Waals surface area contributed by atoms with Crippen molar-refractivity contribution in [1.82, 2.24) is 9.80 Å². The van der Waals surface area contributed by atoms with E-state index in [4.69, 9.17) is 0 Å². The van der Waals surface area contributed by atoms with E-state index in [1.165, 1.54) is 9.80 Å². The Morgan fingerprint density at radius 2 is 1.00 bits per heavy atom. The third kappa shape index (κ3) is 3.39. The standard InChI is InChI=1S/C26H22N4O2/c1-29-15-19-13-11-17-7-3-5-9-21(17)23(19)24-20(14-12-18-8-4-6-10-22(18)24)16-30(2)26(32)28-27-25(29)31/h3-14H,15-16H2,1-2H3/b28-27+. The summed E-state index contributed by atoms with van der Waals surface area (Å²) in [6.45, 7) is 0.704. The molecule has 0 aliphatic carbocycles. The number of fused-ring (bicyclic) bond motifs is 7. The number of hydrogen-bond acceptors (Lipinski definition) is 2. The molecule has 0 saturated carbocycles. The van der Waals surface area contributed by atoms with Gasteiger partial charge >= 0.3 is 12.1 Å². The highest BCUT2D eigenvalue weighted by Gasteiger charge is 2.22. The van der Waals surface area contributed by atoms with Gasteiger partial charge in [0.2, 0.25) is 0 Å². The van der Waals surface area contributed by atoms with Crippen LogP contribution >= 0.6 is 0 Å². The summed E-state index contributed by atoms with van der Waals surface area (Å²) in [4.78, 5) is 28.0. The Bertz CT molecular complexity index is 1300. The van der Waals surface area contributed by atoms with Crippen molar-refractivity contribution in [2.45, 2.75) is 13.1 Å². The maximum atomic E-state index is 12.5. The predicted octanol–water partition coefficient (Wildman–Crippen LogP) is 6.23. The van der Waals surface area contributed by atoms with Gasteiger partial charge in [0.1, 0.15) is 0 Å². The van der Waals surface area contributed by atoms with Crippen molar-refractivity contribution >= 4 is 33.6 Å². The Balaban J connectivity index is 1.90. The summed E-state index contributed by atoms with van der Waals surface area (Å²) in [5, 5.41) is 11.7. The van der Waals surface area contributed by atoms with Gasteiger partial charge < -0.3 is 9.80 Å². The molecule has 1 aliphatic rings. The van der Waals surface area contributed by atoms with Crippen molar-refractivity contribution < 1.29 is 9.59 Å². The highest BCUT2D eigenvalue weighted by Crippen LogP contribution is 2.40. The lowest BCUT2D eigenvalue weighted by atomic mass is 9.86. The molecule has 0 saturated heterocycles. The Morgan fingerprint density at radius 1 is 0.594 bits per heavy atom. The molecule has 0 bridgehead atoms. The van der Waals surface area contributed by atoms with Crippen LogP contribution in [0.1, 0.15) is 11.1 Å². The number of carbonyl (C=O) groups is 2. The Labute approximate surface area is 185 Å². The molecule has 5 rings (SSSR count). The second-order valence-corrected chi connectivity index (χ2v) is 8.12. The fourth-order valence-corrected chi connectivity index (χ4v) is 4.37. The summed E-state index contributed by atoms with van der Waals surface area (Å²) < 4.78 is 0. The molecule has 0 aromatic heterocycles. The van der Waals surface area contributed by atoms with Crippen LogP contribution < -0.4 is 0 Å². The first-order chi connectivity index (χ1) is 15.5. The van der Waals surface area contributed by atoms with Gasteiger partial charge in [-0.2, -0.15) is 0 Å². The van der Waals surface area contributed by atoms with Gasteiger partial charge in [-0.15, -0.1) is 0 Å². The summed E-state index contributed by atoms with van der Waals surface area (Å²) in [7, 11) is 3.34. The quantitative estimate of drug-likeness (QED) is 0.337. The second kappa shape index (κ2) is 7.89. The first kappa shape index (κ1) is 19.9. The maximum absolute atomic E-state index is 12.5. The van der Waals surface area contributed by atoms with E-state index in [0.29, 0.717) is 13.1 Å². The fraction of sp³-hybridized carbons (Fsp3) is 0.154. The van der Waals surface area contributed by atoms with E-state index in [-0.39, 0.29) is 0 Å². The maximum Gasteiger partial charge on any atom is 0.362 e. The van der Waals surface area contributed by atoms with E-state index < -0.39 is 12.1 Å². The van der Waals surface area contributed by atoms with Gasteiger partial charge in [0.25, 0.3) is 0 Å². The summed E-state index contributed by atoms with van der Waals surface area (Å²) in [6, 6.07) is 23.7. The zero-order valence-corrected chi connectivity index (χ0v) is 17.9. The number of carbonyl (C=O) groups excluding carboxylic acids is 2. The Hall–Kier alpha value is -4.06. The number of azo groups is 1. The molecule has 0 spiro atoms. The van der Waals surface area contributed by atoms with Crippen LogP contribution in [0.4, 0.5) is 9.59 Å². The monoisotopic (exact) mass is 422 g/mol. The van der Waals surface area contributed by atoms with E-state index >= 15 is 0 Å². The first-order valence-electron chi connectivity index (χ1n) is 10.5. The van der Waals surface area contributed by atoms with Crippen molar-refractivity contribution in [3.05, 3.63) is 83.9 Å². The third-order valence-electron chi connectivity index (χ3n) is 5.97. The Kier molecular flexibility index (Phi) is 4.90. The third-order valence-corrected chi connectivity index (χ3v) is 5.97. The van der Waals surface area contributed by atoms with Gasteiger partial charge in [-0.3, -0.25) is 0 Å². The molecule has 0 unspecified atom stereocenters. The lowest BCUT2D eigenvalue weighted by Crippen LogP contribution is -2.26. The molecule has 6 nitrogen and oxygen atoms in total. The van der Waals surface area contributed by atoms with Gasteiger partial charge in [-0.05, 0) is 43.8 Å². The smallest absolute Gasteiger partial charge is 0.320 e. The first-order valence-corrected chi connectivity index (χ1v) is 10.5. The number of urea groups is 2. The van der Waals surface area contributed by atoms with Crippen molar-refractivity contribution in [3.63, 3.8) is 0 Å². The van der Waals surface area contributed by atoms with Crippen molar-refractivity contribution in [2.24, 2.45) is 10.2 Å². The number of hydrogen-bond donors (Lipinski definition) is 0. The van der Waals surface area contributed by atoms with Crippen molar-refractivity contribution in [2.75, 3.05) is 14.1 Å². The van der Waals surface area contributed by atoms with Gasteiger partial charge in [0, 0.05) is 27.2 Å². The molecule has 0 fully saturated rings. The fourth-order valence-electron chi connectivity index (χ4n) is 4.37. The largest absolute Gasteiger partial charge is 0.362 e. The molecule has 6 heteroatoms. The number of rotatable bonds is 0. The molecule has 4 aromatic rings. The minimum absolute atomic E-state index is 0.352. The Morgan fingerprint density at radius 3 is 1.44 bits per heavy atom. The summed E-state index contributed by atoms with van der Waals surface area (Å²) in [5.74, 6) is 0. The summed E-state index contributed by atoms with van der Waals surface area (Å²) in [5.41, 5.74) is 4.18. The van der Waals surface area contributed by atoms with E-state index in [1.807, 2.05) is 24.3 Å². The lowest BCUT2D eigenvalue weighted by molar-refractivity contribution is 0.207. The van der Waals surface area contributed by atoms with Gasteiger partial charge in [0.15, 0.2) is 0 Å². The van der Waals surface area contributed by atoms with Gasteiger partial charge in [0.05, 0.1) is 0 Å². The molecule has 4 amide bonds. The van der Waals surface area contributed by atoms with Gasteiger partial charge in [-0.1, -0.05) is 83.0 Å². The van der Waals surface area contributed by atoms with Crippen molar-refractivity contribution in [1.29, 1.82) is 0 Å². The average molecular weight is 422 g/mol.